The number of benzene rings is 1. The zero-order valence-electron chi connectivity index (χ0n) is 11.6. The largest absolute Gasteiger partial charge is 0.468 e. The minimum atomic E-state index is 0.0236. The first-order valence-corrected chi connectivity index (χ1v) is 8.10. The molecule has 0 atom stereocenters. The lowest BCUT2D eigenvalue weighted by atomic mass is 10.3. The molecule has 1 N–H and O–H groups in total. The van der Waals surface area contributed by atoms with E-state index in [2.05, 4.69) is 32.8 Å². The van der Waals surface area contributed by atoms with Crippen LogP contribution in [0.4, 0.5) is 5.69 Å². The van der Waals surface area contributed by atoms with Crippen LogP contribution in [0.15, 0.2) is 47.1 Å². The molecule has 0 radical (unpaired) electrons. The van der Waals surface area contributed by atoms with Crippen molar-refractivity contribution in [3.8, 4) is 0 Å². The van der Waals surface area contributed by atoms with Gasteiger partial charge in [-0.2, -0.15) is 0 Å². The van der Waals surface area contributed by atoms with Gasteiger partial charge in [0, 0.05) is 15.3 Å². The fourth-order valence-electron chi connectivity index (χ4n) is 2.31. The summed E-state index contributed by atoms with van der Waals surface area (Å²) in [5.41, 5.74) is 0.848. The molecule has 1 aliphatic rings. The molecule has 4 nitrogen and oxygen atoms in total. The molecule has 1 fully saturated rings. The highest BCUT2D eigenvalue weighted by Gasteiger charge is 2.30. The van der Waals surface area contributed by atoms with Crippen LogP contribution in [0.2, 0.25) is 0 Å². The maximum absolute atomic E-state index is 12.2. The van der Waals surface area contributed by atoms with Crippen LogP contribution in [-0.4, -0.2) is 23.4 Å². The highest BCUT2D eigenvalue weighted by molar-refractivity contribution is 14.1. The van der Waals surface area contributed by atoms with Gasteiger partial charge in [0.25, 0.3) is 0 Å². The maximum Gasteiger partial charge on any atom is 0.238 e. The van der Waals surface area contributed by atoms with Gasteiger partial charge in [-0.25, -0.2) is 0 Å². The molecule has 0 unspecified atom stereocenters. The SMILES string of the molecule is O=C(CN(Cc1ccco1)C1CC1)Nc1cccc(I)c1. The standard InChI is InChI=1S/C16H17IN2O2/c17-12-3-1-4-13(9-12)18-16(20)11-19(14-6-7-14)10-15-5-2-8-21-15/h1-5,8-9,14H,6-7,10-11H2,(H,18,20). The minimum Gasteiger partial charge on any atom is -0.468 e. The van der Waals surface area contributed by atoms with E-state index < -0.39 is 0 Å². The molecule has 21 heavy (non-hydrogen) atoms. The summed E-state index contributed by atoms with van der Waals surface area (Å²) >= 11 is 2.24. The highest BCUT2D eigenvalue weighted by Crippen LogP contribution is 2.28. The van der Waals surface area contributed by atoms with Gasteiger partial charge < -0.3 is 9.73 Å². The number of nitrogens with zero attached hydrogens (tertiary/aromatic N) is 1. The number of carbonyl (C=O) groups excluding carboxylic acids is 1. The van der Waals surface area contributed by atoms with Gasteiger partial charge in [0.1, 0.15) is 5.76 Å². The average Bonchev–Trinajstić information content (AvgIpc) is 3.17. The molecular weight excluding hydrogens is 379 g/mol. The van der Waals surface area contributed by atoms with Crippen molar-refractivity contribution in [1.29, 1.82) is 0 Å². The number of hydrogen-bond acceptors (Lipinski definition) is 3. The van der Waals surface area contributed by atoms with Crippen molar-refractivity contribution in [3.05, 3.63) is 52.0 Å². The summed E-state index contributed by atoms with van der Waals surface area (Å²) in [7, 11) is 0. The Labute approximate surface area is 137 Å². The van der Waals surface area contributed by atoms with E-state index in [0.717, 1.165) is 27.9 Å². The molecule has 1 amide bonds. The summed E-state index contributed by atoms with van der Waals surface area (Å²) in [6, 6.07) is 12.2. The van der Waals surface area contributed by atoms with Gasteiger partial charge >= 0.3 is 0 Å². The predicted molar refractivity (Wildman–Crippen MR) is 89.9 cm³/mol. The van der Waals surface area contributed by atoms with E-state index in [0.29, 0.717) is 19.1 Å². The molecule has 0 bridgehead atoms. The number of amides is 1. The van der Waals surface area contributed by atoms with Crippen LogP contribution >= 0.6 is 22.6 Å². The molecule has 0 saturated heterocycles. The van der Waals surface area contributed by atoms with Crippen LogP contribution in [0, 0.1) is 3.57 Å². The lowest BCUT2D eigenvalue weighted by molar-refractivity contribution is -0.117. The molecule has 5 heteroatoms. The number of furan rings is 1. The molecule has 1 aromatic carbocycles. The summed E-state index contributed by atoms with van der Waals surface area (Å²) in [6.07, 6.45) is 4.00. The smallest absolute Gasteiger partial charge is 0.238 e. The predicted octanol–water partition coefficient (Wildman–Crippen LogP) is 3.49. The second-order valence-electron chi connectivity index (χ2n) is 5.27. The molecule has 0 aliphatic heterocycles. The van der Waals surface area contributed by atoms with Crippen molar-refractivity contribution >= 4 is 34.2 Å². The monoisotopic (exact) mass is 396 g/mol. The van der Waals surface area contributed by atoms with Crippen LogP contribution < -0.4 is 5.32 Å². The second kappa shape index (κ2) is 6.62. The zero-order chi connectivity index (χ0) is 14.7. The lowest BCUT2D eigenvalue weighted by Gasteiger charge is -2.20. The van der Waals surface area contributed by atoms with Crippen LogP contribution in [0.1, 0.15) is 18.6 Å². The molecule has 3 rings (SSSR count). The number of hydrogen-bond donors (Lipinski definition) is 1. The minimum absolute atomic E-state index is 0.0236. The second-order valence-corrected chi connectivity index (χ2v) is 6.52. The van der Waals surface area contributed by atoms with Crippen LogP contribution in [-0.2, 0) is 11.3 Å². The van der Waals surface area contributed by atoms with E-state index in [9.17, 15) is 4.79 Å². The molecule has 110 valence electrons. The first-order valence-electron chi connectivity index (χ1n) is 7.02. The Balaban J connectivity index is 1.59. The molecule has 0 spiro atoms. The molecular formula is C16H17IN2O2. The summed E-state index contributed by atoms with van der Waals surface area (Å²) in [6.45, 7) is 1.09. The first-order chi connectivity index (χ1) is 10.2. The van der Waals surface area contributed by atoms with Crippen molar-refractivity contribution < 1.29 is 9.21 Å². The third-order valence-electron chi connectivity index (χ3n) is 3.46. The number of carbonyl (C=O) groups is 1. The normalized spacial score (nSPS) is 14.4. The van der Waals surface area contributed by atoms with Crippen molar-refractivity contribution in [3.63, 3.8) is 0 Å². The Hall–Kier alpha value is -1.34. The topological polar surface area (TPSA) is 45.5 Å². The molecule has 1 heterocycles. The van der Waals surface area contributed by atoms with Gasteiger partial charge in [0.2, 0.25) is 5.91 Å². The Bertz CT molecular complexity index is 608. The fraction of sp³-hybridized carbons (Fsp3) is 0.312. The van der Waals surface area contributed by atoms with E-state index in [4.69, 9.17) is 4.42 Å². The summed E-state index contributed by atoms with van der Waals surface area (Å²) in [5, 5.41) is 2.96. The van der Waals surface area contributed by atoms with Gasteiger partial charge in [0.05, 0.1) is 19.4 Å². The van der Waals surface area contributed by atoms with Crippen molar-refractivity contribution in [2.45, 2.75) is 25.4 Å². The van der Waals surface area contributed by atoms with Gasteiger partial charge in [-0.15, -0.1) is 0 Å². The molecule has 1 aliphatic carbocycles. The summed E-state index contributed by atoms with van der Waals surface area (Å²) in [5.74, 6) is 0.930. The van der Waals surface area contributed by atoms with E-state index in [1.54, 1.807) is 6.26 Å². The number of anilines is 1. The van der Waals surface area contributed by atoms with Crippen molar-refractivity contribution in [1.82, 2.24) is 4.90 Å². The lowest BCUT2D eigenvalue weighted by Crippen LogP contribution is -2.34. The van der Waals surface area contributed by atoms with E-state index in [-0.39, 0.29) is 5.91 Å². The third-order valence-corrected chi connectivity index (χ3v) is 4.13. The Morgan fingerprint density at radius 3 is 2.86 bits per heavy atom. The fourth-order valence-corrected chi connectivity index (χ4v) is 2.85. The maximum atomic E-state index is 12.2. The number of halogens is 1. The zero-order valence-corrected chi connectivity index (χ0v) is 13.7. The highest BCUT2D eigenvalue weighted by atomic mass is 127. The summed E-state index contributed by atoms with van der Waals surface area (Å²) in [4.78, 5) is 14.4. The van der Waals surface area contributed by atoms with Crippen molar-refractivity contribution in [2.75, 3.05) is 11.9 Å². The molecule has 1 aromatic heterocycles. The first kappa shape index (κ1) is 14.6. The van der Waals surface area contributed by atoms with Gasteiger partial charge in [0.15, 0.2) is 0 Å². The Kier molecular flexibility index (Phi) is 4.60. The average molecular weight is 396 g/mol. The van der Waals surface area contributed by atoms with Gasteiger partial charge in [-0.1, -0.05) is 6.07 Å². The third kappa shape index (κ3) is 4.31. The van der Waals surface area contributed by atoms with Crippen LogP contribution in [0.25, 0.3) is 0 Å². The summed E-state index contributed by atoms with van der Waals surface area (Å²) < 4.78 is 6.49. The van der Waals surface area contributed by atoms with E-state index in [1.165, 1.54) is 0 Å². The van der Waals surface area contributed by atoms with Crippen LogP contribution in [0.5, 0.6) is 0 Å². The van der Waals surface area contributed by atoms with Gasteiger partial charge in [-0.05, 0) is 65.8 Å². The number of rotatable bonds is 6. The van der Waals surface area contributed by atoms with E-state index >= 15 is 0 Å². The quantitative estimate of drug-likeness (QED) is 0.761. The Morgan fingerprint density at radius 1 is 1.33 bits per heavy atom. The number of nitrogens with one attached hydrogen (secondary N) is 1. The molecule has 1 saturated carbocycles. The van der Waals surface area contributed by atoms with Crippen LogP contribution in [0.3, 0.4) is 0 Å². The van der Waals surface area contributed by atoms with Gasteiger partial charge in [-0.3, -0.25) is 9.69 Å². The Morgan fingerprint density at radius 2 is 2.19 bits per heavy atom. The van der Waals surface area contributed by atoms with E-state index in [1.807, 2.05) is 36.4 Å². The van der Waals surface area contributed by atoms with Crippen molar-refractivity contribution in [2.24, 2.45) is 0 Å². The molecule has 2 aromatic rings.